The van der Waals surface area contributed by atoms with Crippen LogP contribution in [0.4, 0.5) is 0 Å². The molecule has 0 rings (SSSR count). The van der Waals surface area contributed by atoms with E-state index >= 15 is 0 Å². The molecule has 4 atom stereocenters. The van der Waals surface area contributed by atoms with Gasteiger partial charge in [-0.3, -0.25) is 0 Å². The van der Waals surface area contributed by atoms with E-state index in [0.717, 1.165) is 11.7 Å². The number of rotatable bonds is 2. The van der Waals surface area contributed by atoms with Crippen molar-refractivity contribution in [2.75, 3.05) is 0 Å². The van der Waals surface area contributed by atoms with E-state index in [9.17, 15) is 0 Å². The molecule has 44 valence electrons. The molecule has 0 heterocycles. The monoisotopic (exact) mass is 210 g/mol. The Morgan fingerprint density at radius 1 is 1.29 bits per heavy atom. The zero-order chi connectivity index (χ0) is 5.86. The lowest BCUT2D eigenvalue weighted by atomic mass is 15.9. The molecule has 0 amide bonds. The SMILES string of the molecule is OSP(P)P(P)P. The maximum atomic E-state index is 8.42. The number of hydrogen-bond acceptors (Lipinski definition) is 2. The van der Waals surface area contributed by atoms with Crippen LogP contribution in [0, 0.1) is 0 Å². The van der Waals surface area contributed by atoms with Gasteiger partial charge in [-0.05, 0) is 6.99 Å². The largest absolute Gasteiger partial charge is 0.326 e. The quantitative estimate of drug-likeness (QED) is 0.556. The molecule has 0 bridgehead atoms. The first kappa shape index (κ1) is 9.46. The third-order valence-corrected chi connectivity index (χ3v) is 20.7. The fourth-order valence-electron chi connectivity index (χ4n) is 0.0422. The van der Waals surface area contributed by atoms with Crippen LogP contribution in [0.1, 0.15) is 0 Å². The molecule has 0 aromatic rings. The normalized spacial score (nSPS) is 15.0. The van der Waals surface area contributed by atoms with Crippen molar-refractivity contribution >= 4 is 51.9 Å². The highest BCUT2D eigenvalue weighted by Gasteiger charge is 2.03. The van der Waals surface area contributed by atoms with Crippen LogP contribution in [0.15, 0.2) is 0 Å². The van der Waals surface area contributed by atoms with Crippen LogP contribution in [0.25, 0.3) is 0 Å². The van der Waals surface area contributed by atoms with Gasteiger partial charge < -0.3 is 4.55 Å². The van der Waals surface area contributed by atoms with Crippen LogP contribution in [-0.2, 0) is 0 Å². The lowest BCUT2D eigenvalue weighted by Crippen LogP contribution is -1.34. The van der Waals surface area contributed by atoms with Gasteiger partial charge in [0, 0.05) is 18.2 Å². The number of hydrogen-bond donors (Lipinski definition) is 1. The topological polar surface area (TPSA) is 20.2 Å². The molecule has 7 heteroatoms. The molecular formula is H7OP5S. The first-order valence-corrected chi connectivity index (χ1v) is 11.0. The molecule has 0 aliphatic heterocycles. The van der Waals surface area contributed by atoms with Crippen molar-refractivity contribution in [3.8, 4) is 0 Å². The summed E-state index contributed by atoms with van der Waals surface area (Å²) in [5.41, 5.74) is 0. The zero-order valence-corrected chi connectivity index (χ0v) is 9.55. The summed E-state index contributed by atoms with van der Waals surface area (Å²) in [6.45, 7) is -0.345. The average Bonchev–Trinajstić information content (AvgIpc) is 1.65. The second-order valence-corrected chi connectivity index (χ2v) is 19.2. The van der Waals surface area contributed by atoms with Crippen LogP contribution in [0.3, 0.4) is 0 Å². The summed E-state index contributed by atoms with van der Waals surface area (Å²) in [7, 11) is 7.96. The van der Waals surface area contributed by atoms with E-state index in [0.29, 0.717) is 0 Å². The Labute approximate surface area is 56.8 Å². The fraction of sp³-hybridized carbons (Fsp3) is 0. The molecule has 1 nitrogen and oxygen atoms in total. The molecule has 0 saturated carbocycles. The summed E-state index contributed by atoms with van der Waals surface area (Å²) < 4.78 is 8.42. The first-order valence-electron chi connectivity index (χ1n) is 1.34. The highest BCUT2D eigenvalue weighted by molar-refractivity contribution is 9.03. The minimum absolute atomic E-state index is 0.0877. The molecule has 0 aromatic heterocycles. The van der Waals surface area contributed by atoms with Crippen molar-refractivity contribution in [1.29, 1.82) is 0 Å². The van der Waals surface area contributed by atoms with Crippen molar-refractivity contribution in [1.82, 2.24) is 0 Å². The van der Waals surface area contributed by atoms with Crippen LogP contribution >= 0.6 is 51.9 Å². The van der Waals surface area contributed by atoms with E-state index in [1.807, 2.05) is 0 Å². The van der Waals surface area contributed by atoms with Crippen molar-refractivity contribution < 1.29 is 4.55 Å². The predicted molar refractivity (Wildman–Crippen MR) is 53.2 cm³/mol. The van der Waals surface area contributed by atoms with Gasteiger partial charge in [-0.25, -0.2) is 0 Å². The van der Waals surface area contributed by atoms with Gasteiger partial charge in [-0.2, -0.15) is 0 Å². The van der Waals surface area contributed by atoms with E-state index in [1.54, 1.807) is 0 Å². The third kappa shape index (κ3) is 4.93. The lowest BCUT2D eigenvalue weighted by Gasteiger charge is -2.08. The molecule has 7 heavy (non-hydrogen) atoms. The first-order chi connectivity index (χ1) is 3.18. The van der Waals surface area contributed by atoms with Gasteiger partial charge >= 0.3 is 0 Å². The fourth-order valence-corrected chi connectivity index (χ4v) is 3.42. The predicted octanol–water partition coefficient (Wildman–Crippen LogP) is 3.36. The second-order valence-electron chi connectivity index (χ2n) is 0.764. The van der Waals surface area contributed by atoms with E-state index in [4.69, 9.17) is 4.55 Å². The van der Waals surface area contributed by atoms with E-state index in [2.05, 4.69) is 26.8 Å². The highest BCUT2D eigenvalue weighted by Crippen LogP contribution is 2.87. The Hall–Kier alpha value is 2.46. The highest BCUT2D eigenvalue weighted by atomic mass is 33.2. The van der Waals surface area contributed by atoms with Gasteiger partial charge in [-0.1, -0.05) is 8.93 Å². The standard InChI is InChI=1S/H7OP5S/c1-7-6(4)5(2)3/h1H,2-4H2. The van der Waals surface area contributed by atoms with E-state index in [-0.39, 0.29) is 13.5 Å². The van der Waals surface area contributed by atoms with E-state index < -0.39 is 0 Å². The minimum Gasteiger partial charge on any atom is -0.326 e. The van der Waals surface area contributed by atoms with Crippen molar-refractivity contribution in [2.45, 2.75) is 0 Å². The molecule has 0 spiro atoms. The Kier molecular flexibility index (Phi) is 7.11. The second kappa shape index (κ2) is 5.26. The van der Waals surface area contributed by atoms with Gasteiger partial charge in [0.15, 0.2) is 0 Å². The molecule has 0 fully saturated rings. The van der Waals surface area contributed by atoms with Crippen LogP contribution in [0.2, 0.25) is 0 Å². The van der Waals surface area contributed by atoms with E-state index in [1.165, 1.54) is 0 Å². The Morgan fingerprint density at radius 2 is 1.71 bits per heavy atom. The zero-order valence-electron chi connectivity index (χ0n) is 3.48. The summed E-state index contributed by atoms with van der Waals surface area (Å²) in [4.78, 5) is 0. The summed E-state index contributed by atoms with van der Waals surface area (Å²) in [5, 5.41) is 0. The van der Waals surface area contributed by atoms with Gasteiger partial charge in [0.25, 0.3) is 0 Å². The van der Waals surface area contributed by atoms with Gasteiger partial charge in [-0.15, -0.1) is 17.9 Å². The Morgan fingerprint density at radius 3 is 1.71 bits per heavy atom. The maximum Gasteiger partial charge on any atom is 0.0345 e. The molecule has 0 radical (unpaired) electrons. The van der Waals surface area contributed by atoms with Crippen molar-refractivity contribution in [2.24, 2.45) is 0 Å². The van der Waals surface area contributed by atoms with Gasteiger partial charge in [0.05, 0.1) is 0 Å². The van der Waals surface area contributed by atoms with Gasteiger partial charge in [0.1, 0.15) is 0 Å². The molecule has 0 saturated heterocycles. The lowest BCUT2D eigenvalue weighted by molar-refractivity contribution is 0.676. The summed E-state index contributed by atoms with van der Waals surface area (Å²) in [6.07, 6.45) is 0. The summed E-state index contributed by atoms with van der Waals surface area (Å²) in [6, 6.07) is 0. The summed E-state index contributed by atoms with van der Waals surface area (Å²) >= 11 is 0.948. The van der Waals surface area contributed by atoms with Gasteiger partial charge in [0.2, 0.25) is 0 Å². The smallest absolute Gasteiger partial charge is 0.0345 e. The Balaban J connectivity index is 3.14. The van der Waals surface area contributed by atoms with Crippen LogP contribution in [0.5, 0.6) is 0 Å². The van der Waals surface area contributed by atoms with Crippen molar-refractivity contribution in [3.05, 3.63) is 0 Å². The molecule has 0 aliphatic rings. The Bertz CT molecular complexity index is 45.3. The minimum atomic E-state index is -0.258. The van der Waals surface area contributed by atoms with Crippen molar-refractivity contribution in [3.63, 3.8) is 0 Å². The molecule has 4 unspecified atom stereocenters. The average molecular weight is 210 g/mol. The van der Waals surface area contributed by atoms with Crippen LogP contribution < -0.4 is 0 Å². The molecule has 0 aromatic carbocycles. The third-order valence-electron chi connectivity index (χ3n) is 0.311. The molecule has 0 aliphatic carbocycles. The molecule has 1 N–H and O–H groups in total. The summed E-state index contributed by atoms with van der Waals surface area (Å²) in [5.74, 6) is 0. The maximum absolute atomic E-state index is 8.42. The van der Waals surface area contributed by atoms with Crippen LogP contribution in [-0.4, -0.2) is 4.55 Å². The molecular weight excluding hydrogens is 203 g/mol.